The molecule has 19 heavy (non-hydrogen) atoms. The van der Waals surface area contributed by atoms with Crippen molar-refractivity contribution in [2.75, 3.05) is 32.7 Å². The van der Waals surface area contributed by atoms with Gasteiger partial charge in [0.25, 0.3) is 0 Å². The first-order valence-electron chi connectivity index (χ1n) is 7.29. The Morgan fingerprint density at radius 2 is 1.79 bits per heavy atom. The zero-order chi connectivity index (χ0) is 14.3. The Balaban J connectivity index is 2.24. The van der Waals surface area contributed by atoms with Gasteiger partial charge in [-0.05, 0) is 39.7 Å². The summed E-state index contributed by atoms with van der Waals surface area (Å²) in [7, 11) is 0. The Morgan fingerprint density at radius 3 is 2.26 bits per heavy atom. The van der Waals surface area contributed by atoms with Crippen molar-refractivity contribution in [3.63, 3.8) is 0 Å². The van der Waals surface area contributed by atoms with Crippen LogP contribution >= 0.6 is 0 Å². The molecule has 1 atom stereocenters. The Morgan fingerprint density at radius 1 is 1.16 bits per heavy atom. The van der Waals surface area contributed by atoms with Gasteiger partial charge in [-0.25, -0.2) is 0 Å². The summed E-state index contributed by atoms with van der Waals surface area (Å²) < 4.78 is 0. The van der Waals surface area contributed by atoms with Crippen LogP contribution in [0, 0.1) is 28.1 Å². The van der Waals surface area contributed by atoms with Gasteiger partial charge >= 0.3 is 0 Å². The van der Waals surface area contributed by atoms with E-state index in [1.54, 1.807) is 0 Å². The first-order chi connectivity index (χ1) is 9.02. The van der Waals surface area contributed by atoms with Crippen LogP contribution < -0.4 is 0 Å². The van der Waals surface area contributed by atoms with Gasteiger partial charge in [0.05, 0.1) is 23.6 Å². The molecule has 0 bridgehead atoms. The molecule has 4 nitrogen and oxygen atoms in total. The van der Waals surface area contributed by atoms with Gasteiger partial charge < -0.3 is 4.90 Å². The molecular weight excluding hydrogens is 236 g/mol. The zero-order valence-corrected chi connectivity index (χ0v) is 12.5. The Bertz CT molecular complexity index is 342. The molecule has 1 fully saturated rings. The van der Waals surface area contributed by atoms with E-state index in [4.69, 9.17) is 10.5 Å². The third-order valence-electron chi connectivity index (χ3n) is 3.96. The van der Waals surface area contributed by atoms with Gasteiger partial charge in [-0.15, -0.1) is 0 Å². The molecule has 0 radical (unpaired) electrons. The van der Waals surface area contributed by atoms with E-state index in [9.17, 15) is 0 Å². The van der Waals surface area contributed by atoms with Crippen LogP contribution in [0.2, 0.25) is 0 Å². The van der Waals surface area contributed by atoms with Crippen LogP contribution in [0.15, 0.2) is 0 Å². The lowest BCUT2D eigenvalue weighted by Crippen LogP contribution is -2.50. The van der Waals surface area contributed by atoms with E-state index < -0.39 is 0 Å². The van der Waals surface area contributed by atoms with Gasteiger partial charge in [0.15, 0.2) is 0 Å². The first kappa shape index (κ1) is 16.0. The maximum absolute atomic E-state index is 9.07. The summed E-state index contributed by atoms with van der Waals surface area (Å²) in [5.41, 5.74) is -0.198. The number of hydrogen-bond donors (Lipinski definition) is 0. The average molecular weight is 262 g/mol. The molecule has 1 rings (SSSR count). The van der Waals surface area contributed by atoms with Crippen molar-refractivity contribution >= 4 is 0 Å². The van der Waals surface area contributed by atoms with Crippen molar-refractivity contribution in [1.29, 1.82) is 10.5 Å². The highest BCUT2D eigenvalue weighted by Crippen LogP contribution is 2.21. The fourth-order valence-corrected chi connectivity index (χ4v) is 2.53. The molecule has 4 heteroatoms. The second-order valence-electron chi connectivity index (χ2n) is 6.03. The van der Waals surface area contributed by atoms with Crippen molar-refractivity contribution in [3.8, 4) is 12.1 Å². The third-order valence-corrected chi connectivity index (χ3v) is 3.96. The summed E-state index contributed by atoms with van der Waals surface area (Å²) >= 11 is 0. The standard InChI is InChI=1S/C15H26N4/c1-4-14(12-16)19-10-8-18(9-11-19)7-5-6-15(2,3)13-17/h14H,4-11H2,1-3H3. The van der Waals surface area contributed by atoms with E-state index in [1.165, 1.54) is 0 Å². The van der Waals surface area contributed by atoms with E-state index >= 15 is 0 Å². The SMILES string of the molecule is CCC(C#N)N1CCN(CCCC(C)(C)C#N)CC1. The molecule has 0 aromatic heterocycles. The summed E-state index contributed by atoms with van der Waals surface area (Å²) in [6.07, 6.45) is 2.95. The molecule has 0 N–H and O–H groups in total. The van der Waals surface area contributed by atoms with Crippen LogP contribution in [-0.4, -0.2) is 48.6 Å². The molecule has 0 spiro atoms. The molecule has 1 saturated heterocycles. The Hall–Kier alpha value is -1.10. The molecule has 0 aromatic rings. The molecule has 1 aliphatic heterocycles. The normalized spacial score (nSPS) is 19.6. The number of nitriles is 2. The number of hydrogen-bond acceptors (Lipinski definition) is 4. The zero-order valence-electron chi connectivity index (χ0n) is 12.5. The van der Waals surface area contributed by atoms with Gasteiger partial charge in [0.2, 0.25) is 0 Å². The van der Waals surface area contributed by atoms with Crippen LogP contribution in [-0.2, 0) is 0 Å². The minimum atomic E-state index is -0.198. The lowest BCUT2D eigenvalue weighted by atomic mass is 9.90. The predicted octanol–water partition coefficient (Wildman–Crippen LogP) is 2.24. The van der Waals surface area contributed by atoms with Gasteiger partial charge in [-0.1, -0.05) is 6.92 Å². The van der Waals surface area contributed by atoms with E-state index in [2.05, 4.69) is 28.9 Å². The van der Waals surface area contributed by atoms with Crippen LogP contribution in [0.3, 0.4) is 0 Å². The minimum Gasteiger partial charge on any atom is -0.301 e. The third kappa shape index (κ3) is 5.19. The maximum Gasteiger partial charge on any atom is 0.0976 e. The highest BCUT2D eigenvalue weighted by Gasteiger charge is 2.23. The minimum absolute atomic E-state index is 0.0830. The number of rotatable bonds is 6. The van der Waals surface area contributed by atoms with Crippen molar-refractivity contribution < 1.29 is 0 Å². The highest BCUT2D eigenvalue weighted by atomic mass is 15.3. The molecule has 0 saturated carbocycles. The topological polar surface area (TPSA) is 54.1 Å². The lowest BCUT2D eigenvalue weighted by Gasteiger charge is -2.36. The van der Waals surface area contributed by atoms with Gasteiger partial charge in [0.1, 0.15) is 0 Å². The Labute approximate surface area is 117 Å². The van der Waals surface area contributed by atoms with Crippen molar-refractivity contribution in [3.05, 3.63) is 0 Å². The van der Waals surface area contributed by atoms with Gasteiger partial charge in [-0.2, -0.15) is 10.5 Å². The summed E-state index contributed by atoms with van der Waals surface area (Å²) in [6, 6.07) is 4.81. The van der Waals surface area contributed by atoms with Crippen molar-refractivity contribution in [2.24, 2.45) is 5.41 Å². The van der Waals surface area contributed by atoms with E-state index in [-0.39, 0.29) is 11.5 Å². The molecule has 0 aliphatic carbocycles. The van der Waals surface area contributed by atoms with Crippen molar-refractivity contribution in [1.82, 2.24) is 9.80 Å². The van der Waals surface area contributed by atoms with Crippen LogP contribution in [0.25, 0.3) is 0 Å². The average Bonchev–Trinajstić information content (AvgIpc) is 2.42. The van der Waals surface area contributed by atoms with Crippen LogP contribution in [0.5, 0.6) is 0 Å². The quantitative estimate of drug-likeness (QED) is 0.736. The fraction of sp³-hybridized carbons (Fsp3) is 0.867. The van der Waals surface area contributed by atoms with Gasteiger partial charge in [-0.3, -0.25) is 4.90 Å². The van der Waals surface area contributed by atoms with E-state index in [0.717, 1.165) is 52.0 Å². The molecule has 1 heterocycles. The van der Waals surface area contributed by atoms with Crippen molar-refractivity contribution in [2.45, 2.75) is 46.1 Å². The molecule has 0 amide bonds. The summed E-state index contributed by atoms with van der Waals surface area (Å²) in [6.45, 7) is 11.2. The first-order valence-corrected chi connectivity index (χ1v) is 7.29. The second-order valence-corrected chi connectivity index (χ2v) is 6.03. The molecule has 1 aliphatic rings. The van der Waals surface area contributed by atoms with E-state index in [0.29, 0.717) is 0 Å². The summed E-state index contributed by atoms with van der Waals surface area (Å²) in [5.74, 6) is 0. The number of nitrogens with zero attached hydrogens (tertiary/aromatic N) is 4. The van der Waals surface area contributed by atoms with Gasteiger partial charge in [0, 0.05) is 26.2 Å². The van der Waals surface area contributed by atoms with Crippen LogP contribution in [0.1, 0.15) is 40.0 Å². The largest absolute Gasteiger partial charge is 0.301 e. The Kier molecular flexibility index (Phi) is 6.28. The molecular formula is C15H26N4. The maximum atomic E-state index is 9.07. The monoisotopic (exact) mass is 262 g/mol. The van der Waals surface area contributed by atoms with Crippen LogP contribution in [0.4, 0.5) is 0 Å². The second kappa shape index (κ2) is 7.48. The molecule has 1 unspecified atom stereocenters. The fourth-order valence-electron chi connectivity index (χ4n) is 2.53. The lowest BCUT2D eigenvalue weighted by molar-refractivity contribution is 0.110. The summed E-state index contributed by atoms with van der Waals surface area (Å²) in [4.78, 5) is 4.74. The molecule has 0 aromatic carbocycles. The summed E-state index contributed by atoms with van der Waals surface area (Å²) in [5, 5.41) is 18.0. The smallest absolute Gasteiger partial charge is 0.0976 e. The highest BCUT2D eigenvalue weighted by molar-refractivity contribution is 4.93. The molecule has 106 valence electrons. The van der Waals surface area contributed by atoms with E-state index in [1.807, 2.05) is 13.8 Å². The predicted molar refractivity (Wildman–Crippen MR) is 76.3 cm³/mol. The number of piperazine rings is 1.